The van der Waals surface area contributed by atoms with Gasteiger partial charge in [0.15, 0.2) is 0 Å². The van der Waals surface area contributed by atoms with Gasteiger partial charge in [-0.1, -0.05) is 20.3 Å². The van der Waals surface area contributed by atoms with Crippen LogP contribution in [0.4, 0.5) is 0 Å². The molecule has 1 heterocycles. The van der Waals surface area contributed by atoms with Crippen molar-refractivity contribution in [1.29, 1.82) is 0 Å². The summed E-state index contributed by atoms with van der Waals surface area (Å²) in [7, 11) is 0. The molecule has 1 unspecified atom stereocenters. The molecule has 1 aromatic heterocycles. The fourth-order valence-corrected chi connectivity index (χ4v) is 1.49. The number of carbonyl (C=O) groups is 1. The van der Waals surface area contributed by atoms with Gasteiger partial charge in [-0.15, -0.1) is 0 Å². The number of aromatic nitrogens is 3. The van der Waals surface area contributed by atoms with E-state index in [4.69, 9.17) is 0 Å². The summed E-state index contributed by atoms with van der Waals surface area (Å²) in [5.74, 6) is 0.435. The molecule has 0 fully saturated rings. The molecule has 0 aliphatic rings. The molecule has 90 valence electrons. The Morgan fingerprint density at radius 1 is 1.41 bits per heavy atom. The lowest BCUT2D eigenvalue weighted by Gasteiger charge is -2.09. The number of amides is 1. The first kappa shape index (κ1) is 11.6. The van der Waals surface area contributed by atoms with E-state index >= 15 is 0 Å². The average Bonchev–Trinajstić information content (AvgIpc) is 2.82. The minimum atomic E-state index is -0.0600. The van der Waals surface area contributed by atoms with Crippen molar-refractivity contribution in [3.63, 3.8) is 0 Å². The van der Waals surface area contributed by atoms with Crippen LogP contribution in [-0.4, -0.2) is 27.9 Å². The maximum Gasteiger partial charge on any atom is 0.251 e. The third-order valence-electron chi connectivity index (χ3n) is 2.89. The van der Waals surface area contributed by atoms with Crippen LogP contribution in [0.5, 0.6) is 0 Å². The first-order valence-electron chi connectivity index (χ1n) is 5.79. The van der Waals surface area contributed by atoms with E-state index in [1.165, 1.54) is 0 Å². The Labute approximate surface area is 99.6 Å². The molecule has 0 radical (unpaired) electrons. The summed E-state index contributed by atoms with van der Waals surface area (Å²) in [6.07, 6.45) is 1.06. The van der Waals surface area contributed by atoms with Gasteiger partial charge in [0.25, 0.3) is 5.91 Å². The van der Waals surface area contributed by atoms with E-state index in [0.29, 0.717) is 23.5 Å². The second-order valence-corrected chi connectivity index (χ2v) is 4.25. The summed E-state index contributed by atoms with van der Waals surface area (Å²) in [6.45, 7) is 4.92. The molecule has 1 aromatic carbocycles. The summed E-state index contributed by atoms with van der Waals surface area (Å²) in [4.78, 5) is 11.9. The van der Waals surface area contributed by atoms with Crippen LogP contribution >= 0.6 is 0 Å². The first-order chi connectivity index (χ1) is 8.20. The van der Waals surface area contributed by atoms with E-state index in [0.717, 1.165) is 11.9 Å². The van der Waals surface area contributed by atoms with E-state index in [1.807, 2.05) is 0 Å². The van der Waals surface area contributed by atoms with E-state index in [9.17, 15) is 4.79 Å². The highest BCUT2D eigenvalue weighted by molar-refractivity contribution is 5.97. The van der Waals surface area contributed by atoms with Gasteiger partial charge in [-0.3, -0.25) is 4.79 Å². The molecule has 17 heavy (non-hydrogen) atoms. The van der Waals surface area contributed by atoms with E-state index in [1.54, 1.807) is 18.2 Å². The van der Waals surface area contributed by atoms with Crippen molar-refractivity contribution < 1.29 is 4.79 Å². The van der Waals surface area contributed by atoms with Crippen molar-refractivity contribution in [2.75, 3.05) is 6.54 Å². The molecule has 5 heteroatoms. The van der Waals surface area contributed by atoms with Crippen molar-refractivity contribution in [2.45, 2.75) is 20.3 Å². The third-order valence-corrected chi connectivity index (χ3v) is 2.89. The van der Waals surface area contributed by atoms with Crippen molar-refractivity contribution in [3.8, 4) is 0 Å². The first-order valence-corrected chi connectivity index (χ1v) is 5.79. The van der Waals surface area contributed by atoms with Crippen molar-refractivity contribution >= 4 is 16.9 Å². The summed E-state index contributed by atoms with van der Waals surface area (Å²) >= 11 is 0. The number of nitrogens with one attached hydrogen (secondary N) is 2. The quantitative estimate of drug-likeness (QED) is 0.843. The zero-order valence-corrected chi connectivity index (χ0v) is 10.0. The van der Waals surface area contributed by atoms with Crippen LogP contribution in [0.1, 0.15) is 30.6 Å². The Morgan fingerprint density at radius 3 is 2.94 bits per heavy atom. The third kappa shape index (κ3) is 2.61. The molecule has 1 amide bonds. The lowest BCUT2D eigenvalue weighted by Crippen LogP contribution is -2.27. The lowest BCUT2D eigenvalue weighted by atomic mass is 10.1. The van der Waals surface area contributed by atoms with Gasteiger partial charge in [-0.25, -0.2) is 0 Å². The molecule has 1 atom stereocenters. The van der Waals surface area contributed by atoms with Crippen molar-refractivity contribution in [3.05, 3.63) is 23.8 Å². The monoisotopic (exact) mass is 232 g/mol. The minimum absolute atomic E-state index is 0.0600. The fraction of sp³-hybridized carbons (Fsp3) is 0.417. The Bertz CT molecular complexity index is 520. The van der Waals surface area contributed by atoms with Gasteiger partial charge in [0, 0.05) is 12.1 Å². The van der Waals surface area contributed by atoms with Gasteiger partial charge in [-0.2, -0.15) is 15.4 Å². The van der Waals surface area contributed by atoms with Gasteiger partial charge >= 0.3 is 0 Å². The van der Waals surface area contributed by atoms with Crippen LogP contribution in [0, 0.1) is 5.92 Å². The fourth-order valence-electron chi connectivity index (χ4n) is 1.49. The predicted octanol–water partition coefficient (Wildman–Crippen LogP) is 1.73. The van der Waals surface area contributed by atoms with Crippen LogP contribution in [-0.2, 0) is 0 Å². The van der Waals surface area contributed by atoms with E-state index in [-0.39, 0.29) is 5.91 Å². The smallest absolute Gasteiger partial charge is 0.251 e. The standard InChI is InChI=1S/C12H16N4O/c1-3-8(2)7-13-12(17)9-4-5-10-11(6-9)15-16-14-10/h4-6,8H,3,7H2,1-2H3,(H,13,17)(H,14,15,16). The summed E-state index contributed by atoms with van der Waals surface area (Å²) in [6, 6.07) is 5.29. The highest BCUT2D eigenvalue weighted by Crippen LogP contribution is 2.10. The molecule has 0 saturated heterocycles. The number of hydrogen-bond acceptors (Lipinski definition) is 3. The molecule has 2 N–H and O–H groups in total. The SMILES string of the molecule is CCC(C)CNC(=O)c1ccc2n[nH]nc2c1. The number of fused-ring (bicyclic) bond motifs is 1. The molecule has 2 aromatic rings. The molecule has 0 saturated carbocycles. The maximum atomic E-state index is 11.9. The van der Waals surface area contributed by atoms with Crippen LogP contribution in [0.2, 0.25) is 0 Å². The average molecular weight is 232 g/mol. The maximum absolute atomic E-state index is 11.9. The van der Waals surface area contributed by atoms with Gasteiger partial charge in [-0.05, 0) is 24.1 Å². The van der Waals surface area contributed by atoms with Crippen LogP contribution < -0.4 is 5.32 Å². The number of H-pyrrole nitrogens is 1. The molecular weight excluding hydrogens is 216 g/mol. The normalized spacial score (nSPS) is 12.6. The molecule has 0 spiro atoms. The zero-order valence-electron chi connectivity index (χ0n) is 10.0. The topological polar surface area (TPSA) is 70.7 Å². The lowest BCUT2D eigenvalue weighted by molar-refractivity contribution is 0.0948. The number of hydrogen-bond donors (Lipinski definition) is 2. The Morgan fingerprint density at radius 2 is 2.18 bits per heavy atom. The Kier molecular flexibility index (Phi) is 3.37. The van der Waals surface area contributed by atoms with Gasteiger partial charge in [0.05, 0.1) is 0 Å². The largest absolute Gasteiger partial charge is 0.352 e. The van der Waals surface area contributed by atoms with Gasteiger partial charge in [0.1, 0.15) is 11.0 Å². The second kappa shape index (κ2) is 4.95. The highest BCUT2D eigenvalue weighted by atomic mass is 16.1. The number of rotatable bonds is 4. The van der Waals surface area contributed by atoms with Gasteiger partial charge in [0.2, 0.25) is 0 Å². The molecular formula is C12H16N4O. The van der Waals surface area contributed by atoms with Crippen molar-refractivity contribution in [2.24, 2.45) is 5.92 Å². The van der Waals surface area contributed by atoms with Crippen LogP contribution in [0.25, 0.3) is 11.0 Å². The number of benzene rings is 1. The van der Waals surface area contributed by atoms with Crippen LogP contribution in [0.3, 0.4) is 0 Å². The summed E-state index contributed by atoms with van der Waals surface area (Å²) in [5, 5.41) is 13.3. The molecule has 0 bridgehead atoms. The molecule has 0 aliphatic heterocycles. The molecule has 5 nitrogen and oxygen atoms in total. The summed E-state index contributed by atoms with van der Waals surface area (Å²) in [5.41, 5.74) is 2.10. The van der Waals surface area contributed by atoms with Gasteiger partial charge < -0.3 is 5.32 Å². The zero-order chi connectivity index (χ0) is 12.3. The van der Waals surface area contributed by atoms with E-state index in [2.05, 4.69) is 34.6 Å². The number of nitrogens with zero attached hydrogens (tertiary/aromatic N) is 2. The predicted molar refractivity (Wildman–Crippen MR) is 65.7 cm³/mol. The Balaban J connectivity index is 2.08. The summed E-state index contributed by atoms with van der Waals surface area (Å²) < 4.78 is 0. The molecule has 2 rings (SSSR count). The highest BCUT2D eigenvalue weighted by Gasteiger charge is 2.08. The minimum Gasteiger partial charge on any atom is -0.352 e. The second-order valence-electron chi connectivity index (χ2n) is 4.25. The van der Waals surface area contributed by atoms with Crippen LogP contribution in [0.15, 0.2) is 18.2 Å². The van der Waals surface area contributed by atoms with Crippen molar-refractivity contribution in [1.82, 2.24) is 20.7 Å². The van der Waals surface area contributed by atoms with E-state index < -0.39 is 0 Å². The number of carbonyl (C=O) groups excluding carboxylic acids is 1. The molecule has 0 aliphatic carbocycles. The number of aromatic amines is 1. The Hall–Kier alpha value is -1.91.